The molecule has 3 aromatic carbocycles. The Balaban J connectivity index is 1.66. The number of amides is 1. The lowest BCUT2D eigenvalue weighted by atomic mass is 10.1. The maximum atomic E-state index is 13.4. The largest absolute Gasteiger partial charge is 0.325 e. The highest BCUT2D eigenvalue weighted by molar-refractivity contribution is 7.89. The van der Waals surface area contributed by atoms with Crippen molar-refractivity contribution in [3.8, 4) is 6.07 Å². The molecule has 1 heterocycles. The van der Waals surface area contributed by atoms with E-state index in [-0.39, 0.29) is 35.8 Å². The van der Waals surface area contributed by atoms with Crippen LogP contribution >= 0.6 is 0 Å². The predicted octanol–water partition coefficient (Wildman–Crippen LogP) is 2.46. The van der Waals surface area contributed by atoms with Crippen LogP contribution in [0.2, 0.25) is 0 Å². The Morgan fingerprint density at radius 1 is 0.833 bits per heavy atom. The van der Waals surface area contributed by atoms with E-state index in [1.807, 2.05) is 6.07 Å². The maximum absolute atomic E-state index is 13.4. The molecule has 1 aliphatic heterocycles. The van der Waals surface area contributed by atoms with Gasteiger partial charge in [-0.3, -0.25) is 4.79 Å². The smallest absolute Gasteiger partial charge is 0.244 e. The summed E-state index contributed by atoms with van der Waals surface area (Å²) in [6.07, 6.45) is 0.215. The molecule has 1 amide bonds. The summed E-state index contributed by atoms with van der Waals surface area (Å²) >= 11 is 0. The SMILES string of the molecule is N#CCc1ccc(NC(=O)[C@H]2CN(S(=O)(=O)c3ccccc3)CCN2S(=O)(=O)c2ccccc2)cc1. The Kier molecular flexibility index (Phi) is 7.51. The Bertz CT molecular complexity index is 1470. The lowest BCUT2D eigenvalue weighted by Crippen LogP contribution is -2.60. The zero-order valence-corrected chi connectivity index (χ0v) is 20.8. The summed E-state index contributed by atoms with van der Waals surface area (Å²) in [5.41, 5.74) is 1.17. The van der Waals surface area contributed by atoms with Gasteiger partial charge in [-0.25, -0.2) is 16.8 Å². The second-order valence-electron chi connectivity index (χ2n) is 8.14. The van der Waals surface area contributed by atoms with E-state index in [0.717, 1.165) is 14.2 Å². The fraction of sp³-hybridized carbons (Fsp3) is 0.200. The number of nitrogens with one attached hydrogen (secondary N) is 1. The molecule has 1 saturated heterocycles. The van der Waals surface area contributed by atoms with Crippen LogP contribution in [0.5, 0.6) is 0 Å². The molecule has 4 rings (SSSR count). The molecule has 11 heteroatoms. The summed E-state index contributed by atoms with van der Waals surface area (Å²) in [5.74, 6) is -0.657. The lowest BCUT2D eigenvalue weighted by Gasteiger charge is -2.38. The Hall–Kier alpha value is -3.56. The van der Waals surface area contributed by atoms with Crippen molar-refractivity contribution in [2.45, 2.75) is 22.3 Å². The molecule has 186 valence electrons. The molecule has 0 aromatic heterocycles. The number of nitrogens with zero attached hydrogens (tertiary/aromatic N) is 3. The zero-order chi connectivity index (χ0) is 25.8. The fourth-order valence-electron chi connectivity index (χ4n) is 3.95. The zero-order valence-electron chi connectivity index (χ0n) is 19.2. The van der Waals surface area contributed by atoms with E-state index in [4.69, 9.17) is 5.26 Å². The monoisotopic (exact) mass is 524 g/mol. The summed E-state index contributed by atoms with van der Waals surface area (Å²) in [7, 11) is -8.03. The number of piperazine rings is 1. The van der Waals surface area contributed by atoms with Crippen LogP contribution in [0.15, 0.2) is 94.7 Å². The van der Waals surface area contributed by atoms with Crippen LogP contribution in [-0.4, -0.2) is 57.0 Å². The van der Waals surface area contributed by atoms with Crippen LogP contribution < -0.4 is 5.32 Å². The van der Waals surface area contributed by atoms with Gasteiger partial charge in [0, 0.05) is 25.3 Å². The van der Waals surface area contributed by atoms with Gasteiger partial charge in [-0.2, -0.15) is 13.9 Å². The summed E-state index contributed by atoms with van der Waals surface area (Å²) in [6.45, 7) is -0.639. The summed E-state index contributed by atoms with van der Waals surface area (Å²) in [5, 5.41) is 11.5. The molecule has 1 aliphatic rings. The van der Waals surface area contributed by atoms with Crippen LogP contribution in [0.1, 0.15) is 5.56 Å². The first-order chi connectivity index (χ1) is 17.2. The van der Waals surface area contributed by atoms with Gasteiger partial charge in [0.25, 0.3) is 0 Å². The molecule has 0 radical (unpaired) electrons. The molecular weight excluding hydrogens is 500 g/mol. The van der Waals surface area contributed by atoms with E-state index >= 15 is 0 Å². The lowest BCUT2D eigenvalue weighted by molar-refractivity contribution is -0.120. The molecule has 36 heavy (non-hydrogen) atoms. The van der Waals surface area contributed by atoms with Crippen molar-refractivity contribution in [3.05, 3.63) is 90.5 Å². The third kappa shape index (κ3) is 5.32. The predicted molar refractivity (Wildman–Crippen MR) is 134 cm³/mol. The number of carbonyl (C=O) groups excluding carboxylic acids is 1. The van der Waals surface area contributed by atoms with E-state index in [1.165, 1.54) is 24.3 Å². The van der Waals surface area contributed by atoms with E-state index in [9.17, 15) is 21.6 Å². The topological polar surface area (TPSA) is 128 Å². The highest BCUT2D eigenvalue weighted by atomic mass is 32.2. The van der Waals surface area contributed by atoms with Gasteiger partial charge in [0.05, 0.1) is 22.3 Å². The first-order valence-electron chi connectivity index (χ1n) is 11.1. The number of hydrogen-bond acceptors (Lipinski definition) is 6. The molecule has 1 N–H and O–H groups in total. The average Bonchev–Trinajstić information content (AvgIpc) is 2.90. The molecule has 0 unspecified atom stereocenters. The summed E-state index contributed by atoms with van der Waals surface area (Å²) < 4.78 is 55.6. The van der Waals surface area contributed by atoms with Crippen molar-refractivity contribution in [2.24, 2.45) is 0 Å². The summed E-state index contributed by atoms with van der Waals surface area (Å²) in [4.78, 5) is 13.5. The van der Waals surface area contributed by atoms with Gasteiger partial charge in [0.2, 0.25) is 26.0 Å². The molecule has 0 saturated carbocycles. The van der Waals surface area contributed by atoms with Crippen molar-refractivity contribution >= 4 is 31.6 Å². The number of rotatable bonds is 7. The van der Waals surface area contributed by atoms with Crippen molar-refractivity contribution in [1.82, 2.24) is 8.61 Å². The Morgan fingerprint density at radius 2 is 1.39 bits per heavy atom. The van der Waals surface area contributed by atoms with Gasteiger partial charge in [0.1, 0.15) is 6.04 Å². The van der Waals surface area contributed by atoms with E-state index in [2.05, 4.69) is 5.32 Å². The van der Waals surface area contributed by atoms with Gasteiger partial charge in [0.15, 0.2) is 0 Å². The van der Waals surface area contributed by atoms with Gasteiger partial charge in [-0.1, -0.05) is 48.5 Å². The van der Waals surface area contributed by atoms with Crippen molar-refractivity contribution in [2.75, 3.05) is 25.0 Å². The second-order valence-corrected chi connectivity index (χ2v) is 12.0. The van der Waals surface area contributed by atoms with E-state index in [0.29, 0.717) is 5.69 Å². The molecular formula is C25H24N4O5S2. The van der Waals surface area contributed by atoms with Crippen molar-refractivity contribution in [1.29, 1.82) is 5.26 Å². The molecule has 3 aromatic rings. The maximum Gasteiger partial charge on any atom is 0.244 e. The van der Waals surface area contributed by atoms with Crippen LogP contribution in [-0.2, 0) is 31.3 Å². The van der Waals surface area contributed by atoms with Crippen molar-refractivity contribution < 1.29 is 21.6 Å². The second kappa shape index (κ2) is 10.6. The molecule has 0 bridgehead atoms. The number of anilines is 1. The van der Waals surface area contributed by atoms with Crippen LogP contribution in [0.4, 0.5) is 5.69 Å². The number of nitriles is 1. The number of benzene rings is 3. The number of sulfonamides is 2. The van der Waals surface area contributed by atoms with E-state index < -0.39 is 32.0 Å². The quantitative estimate of drug-likeness (QED) is 0.506. The van der Waals surface area contributed by atoms with Crippen molar-refractivity contribution in [3.63, 3.8) is 0 Å². The number of carbonyl (C=O) groups is 1. The van der Waals surface area contributed by atoms with Crippen LogP contribution in [0.25, 0.3) is 0 Å². The first kappa shape index (κ1) is 25.5. The van der Waals surface area contributed by atoms with Gasteiger partial charge in [-0.15, -0.1) is 0 Å². The van der Waals surface area contributed by atoms with Gasteiger partial charge in [-0.05, 0) is 42.0 Å². The minimum atomic E-state index is -4.08. The van der Waals surface area contributed by atoms with Crippen LogP contribution in [0.3, 0.4) is 0 Å². The Labute approximate surface area is 210 Å². The minimum absolute atomic E-state index is 0.0167. The fourth-order valence-corrected chi connectivity index (χ4v) is 7.00. The van der Waals surface area contributed by atoms with E-state index in [1.54, 1.807) is 60.7 Å². The Morgan fingerprint density at radius 3 is 1.94 bits per heavy atom. The molecule has 0 spiro atoms. The number of hydrogen-bond donors (Lipinski definition) is 1. The first-order valence-corrected chi connectivity index (χ1v) is 14.0. The highest BCUT2D eigenvalue weighted by Crippen LogP contribution is 2.26. The van der Waals surface area contributed by atoms with Gasteiger partial charge >= 0.3 is 0 Å². The minimum Gasteiger partial charge on any atom is -0.325 e. The average molecular weight is 525 g/mol. The standard InChI is InChI=1S/C25H24N4O5S2/c26-16-15-20-11-13-21(14-12-20)27-25(30)24-19-28(35(31,32)22-7-3-1-4-8-22)17-18-29(24)36(33,34)23-9-5-2-6-10-23/h1-14,24H,15,17-19H2,(H,27,30)/t24-/m1/s1. The third-order valence-electron chi connectivity index (χ3n) is 5.83. The third-order valence-corrected chi connectivity index (χ3v) is 9.63. The van der Waals surface area contributed by atoms with Gasteiger partial charge < -0.3 is 5.32 Å². The molecule has 1 fully saturated rings. The molecule has 9 nitrogen and oxygen atoms in total. The molecule has 1 atom stereocenters. The normalized spacial score (nSPS) is 17.2. The van der Waals surface area contributed by atoms with Crippen LogP contribution in [0, 0.1) is 11.3 Å². The highest BCUT2D eigenvalue weighted by Gasteiger charge is 2.43. The molecule has 0 aliphatic carbocycles. The summed E-state index contributed by atoms with van der Waals surface area (Å²) in [6, 6.07) is 22.9.